The maximum Gasteiger partial charge on any atom is 0.123 e. The maximum absolute atomic E-state index is 10.1. The van der Waals surface area contributed by atoms with Crippen LogP contribution in [0.4, 0.5) is 0 Å². The van der Waals surface area contributed by atoms with Crippen molar-refractivity contribution < 1.29 is 9.84 Å². The molecule has 1 atom stereocenters. The number of hydrogen-bond acceptors (Lipinski definition) is 2. The molecule has 1 saturated carbocycles. The van der Waals surface area contributed by atoms with Crippen LogP contribution >= 0.6 is 0 Å². The summed E-state index contributed by atoms with van der Waals surface area (Å²) in [6.45, 7) is 6.84. The van der Waals surface area contributed by atoms with E-state index in [-0.39, 0.29) is 6.10 Å². The van der Waals surface area contributed by atoms with Crippen molar-refractivity contribution in [2.75, 3.05) is 6.61 Å². The topological polar surface area (TPSA) is 29.5 Å². The number of hydrogen-bond donors (Lipinski definition) is 1. The Hall–Kier alpha value is -1.02. The van der Waals surface area contributed by atoms with Crippen molar-refractivity contribution in [1.29, 1.82) is 0 Å². The quantitative estimate of drug-likeness (QED) is 0.832. The first-order valence-corrected chi connectivity index (χ1v) is 7.97. The van der Waals surface area contributed by atoms with Gasteiger partial charge in [0, 0.05) is 0 Å². The predicted molar refractivity (Wildman–Crippen MR) is 83.3 cm³/mol. The fourth-order valence-corrected chi connectivity index (χ4v) is 3.13. The van der Waals surface area contributed by atoms with E-state index in [1.165, 1.54) is 36.8 Å². The zero-order chi connectivity index (χ0) is 14.5. The molecular weight excluding hydrogens is 248 g/mol. The number of aliphatic hydroxyl groups is 1. The third-order valence-electron chi connectivity index (χ3n) is 4.30. The van der Waals surface area contributed by atoms with Crippen LogP contribution in [0.5, 0.6) is 5.75 Å². The molecule has 0 spiro atoms. The molecule has 112 valence electrons. The summed E-state index contributed by atoms with van der Waals surface area (Å²) in [7, 11) is 0. The molecule has 2 nitrogen and oxygen atoms in total. The molecule has 0 radical (unpaired) electrons. The van der Waals surface area contributed by atoms with E-state index < -0.39 is 0 Å². The third-order valence-corrected chi connectivity index (χ3v) is 4.30. The molecule has 1 aromatic rings. The molecule has 0 saturated heterocycles. The monoisotopic (exact) mass is 276 g/mol. The van der Waals surface area contributed by atoms with Crippen molar-refractivity contribution in [2.24, 2.45) is 5.92 Å². The largest absolute Gasteiger partial charge is 0.491 e. The van der Waals surface area contributed by atoms with E-state index in [1.807, 2.05) is 0 Å². The molecule has 1 aromatic carbocycles. The van der Waals surface area contributed by atoms with E-state index in [0.29, 0.717) is 18.4 Å². The van der Waals surface area contributed by atoms with Crippen LogP contribution in [0, 0.1) is 12.8 Å². The highest BCUT2D eigenvalue weighted by Crippen LogP contribution is 2.30. The number of ether oxygens (including phenoxy) is 1. The summed E-state index contributed by atoms with van der Waals surface area (Å²) in [5, 5.41) is 10.1. The summed E-state index contributed by atoms with van der Waals surface area (Å²) in [5.74, 6) is 2.08. The predicted octanol–water partition coefficient (Wildman–Crippen LogP) is 4.44. The van der Waals surface area contributed by atoms with Crippen LogP contribution in [-0.4, -0.2) is 17.8 Å². The van der Waals surface area contributed by atoms with Gasteiger partial charge in [0.15, 0.2) is 0 Å². The van der Waals surface area contributed by atoms with Gasteiger partial charge in [0.05, 0.1) is 6.10 Å². The average molecular weight is 276 g/mol. The summed E-state index contributed by atoms with van der Waals surface area (Å²) >= 11 is 0. The smallest absolute Gasteiger partial charge is 0.123 e. The summed E-state index contributed by atoms with van der Waals surface area (Å²) in [6.07, 6.45) is 5.76. The van der Waals surface area contributed by atoms with Gasteiger partial charge in [-0.05, 0) is 42.4 Å². The van der Waals surface area contributed by atoms with Gasteiger partial charge in [0.1, 0.15) is 12.4 Å². The minimum Gasteiger partial charge on any atom is -0.491 e. The number of rotatable bonds is 6. The molecule has 1 fully saturated rings. The molecule has 0 aromatic heterocycles. The van der Waals surface area contributed by atoms with Gasteiger partial charge in [-0.25, -0.2) is 0 Å². The van der Waals surface area contributed by atoms with Crippen molar-refractivity contribution in [3.8, 4) is 5.75 Å². The number of benzene rings is 1. The summed E-state index contributed by atoms with van der Waals surface area (Å²) in [6, 6.07) is 6.34. The lowest BCUT2D eigenvalue weighted by Crippen LogP contribution is -2.21. The van der Waals surface area contributed by atoms with E-state index in [1.54, 1.807) is 0 Å². The van der Waals surface area contributed by atoms with Gasteiger partial charge in [0.25, 0.3) is 0 Å². The lowest BCUT2D eigenvalue weighted by atomic mass is 9.99. The first-order chi connectivity index (χ1) is 9.56. The van der Waals surface area contributed by atoms with Crippen LogP contribution in [0.1, 0.15) is 63.0 Å². The van der Waals surface area contributed by atoms with E-state index in [4.69, 9.17) is 4.74 Å². The van der Waals surface area contributed by atoms with Gasteiger partial charge in [-0.2, -0.15) is 0 Å². The Morgan fingerprint density at radius 3 is 2.60 bits per heavy atom. The molecule has 2 rings (SSSR count). The molecule has 1 aliphatic rings. The second kappa shape index (κ2) is 7.12. The number of aliphatic hydroxyl groups excluding tert-OH is 1. The summed E-state index contributed by atoms with van der Waals surface area (Å²) in [5.41, 5.74) is 2.43. The highest BCUT2D eigenvalue weighted by molar-refractivity contribution is 5.39. The van der Waals surface area contributed by atoms with Crippen LogP contribution < -0.4 is 4.74 Å². The van der Waals surface area contributed by atoms with Crippen LogP contribution in [0.15, 0.2) is 18.2 Å². The van der Waals surface area contributed by atoms with Crippen LogP contribution in [0.25, 0.3) is 0 Å². The zero-order valence-electron chi connectivity index (χ0n) is 13.1. The average Bonchev–Trinajstić information content (AvgIpc) is 2.89. The van der Waals surface area contributed by atoms with Crippen LogP contribution in [-0.2, 0) is 0 Å². The van der Waals surface area contributed by atoms with Gasteiger partial charge in [-0.1, -0.05) is 51.7 Å². The lowest BCUT2D eigenvalue weighted by Gasteiger charge is -2.19. The fraction of sp³-hybridized carbons (Fsp3) is 0.667. The molecule has 1 N–H and O–H groups in total. The maximum atomic E-state index is 10.1. The van der Waals surface area contributed by atoms with Gasteiger partial charge in [0.2, 0.25) is 0 Å². The standard InChI is InChI=1S/C18H28O2/c1-13(2)17-9-8-14(3)10-18(17)20-12-16(19)11-15-6-4-5-7-15/h8-10,13,15-16,19H,4-7,11-12H2,1-3H3. The van der Waals surface area contributed by atoms with Crippen molar-refractivity contribution in [1.82, 2.24) is 0 Å². The van der Waals surface area contributed by atoms with Gasteiger partial charge in [-0.3, -0.25) is 0 Å². The van der Waals surface area contributed by atoms with E-state index in [0.717, 1.165) is 12.2 Å². The third kappa shape index (κ3) is 4.24. The highest BCUT2D eigenvalue weighted by atomic mass is 16.5. The van der Waals surface area contributed by atoms with Crippen molar-refractivity contribution in [3.05, 3.63) is 29.3 Å². The summed E-state index contributed by atoms with van der Waals surface area (Å²) < 4.78 is 5.90. The van der Waals surface area contributed by atoms with E-state index in [2.05, 4.69) is 39.0 Å². The van der Waals surface area contributed by atoms with Crippen LogP contribution in [0.2, 0.25) is 0 Å². The lowest BCUT2D eigenvalue weighted by molar-refractivity contribution is 0.0849. The second-order valence-corrected chi connectivity index (χ2v) is 6.55. The summed E-state index contributed by atoms with van der Waals surface area (Å²) in [4.78, 5) is 0. The van der Waals surface area contributed by atoms with Gasteiger partial charge < -0.3 is 9.84 Å². The Morgan fingerprint density at radius 2 is 1.95 bits per heavy atom. The Labute approximate surface area is 123 Å². The Balaban J connectivity index is 1.90. The molecule has 2 heteroatoms. The highest BCUT2D eigenvalue weighted by Gasteiger charge is 2.19. The number of aryl methyl sites for hydroxylation is 1. The zero-order valence-corrected chi connectivity index (χ0v) is 13.1. The SMILES string of the molecule is Cc1ccc(C(C)C)c(OCC(O)CC2CCCC2)c1. The Kier molecular flexibility index (Phi) is 5.47. The first-order valence-electron chi connectivity index (χ1n) is 7.97. The fourth-order valence-electron chi connectivity index (χ4n) is 3.13. The molecule has 1 unspecified atom stereocenters. The Bertz CT molecular complexity index is 419. The molecular formula is C18H28O2. The molecule has 0 heterocycles. The second-order valence-electron chi connectivity index (χ2n) is 6.55. The van der Waals surface area contributed by atoms with E-state index >= 15 is 0 Å². The minimum absolute atomic E-state index is 0.335. The normalized spacial score (nSPS) is 17.6. The van der Waals surface area contributed by atoms with Crippen molar-refractivity contribution in [2.45, 2.75) is 64.9 Å². The van der Waals surface area contributed by atoms with E-state index in [9.17, 15) is 5.11 Å². The van der Waals surface area contributed by atoms with Crippen molar-refractivity contribution in [3.63, 3.8) is 0 Å². The Morgan fingerprint density at radius 1 is 1.25 bits per heavy atom. The molecule has 20 heavy (non-hydrogen) atoms. The minimum atomic E-state index is -0.335. The first kappa shape index (κ1) is 15.4. The molecule has 0 amide bonds. The van der Waals surface area contributed by atoms with Gasteiger partial charge >= 0.3 is 0 Å². The molecule has 0 aliphatic heterocycles. The van der Waals surface area contributed by atoms with Gasteiger partial charge in [-0.15, -0.1) is 0 Å². The van der Waals surface area contributed by atoms with Crippen molar-refractivity contribution >= 4 is 0 Å². The van der Waals surface area contributed by atoms with Crippen LogP contribution in [0.3, 0.4) is 0 Å². The molecule has 0 bridgehead atoms. The molecule has 1 aliphatic carbocycles.